The van der Waals surface area contributed by atoms with Gasteiger partial charge in [-0.15, -0.1) is 0 Å². The first-order valence-corrected chi connectivity index (χ1v) is 11.2. The van der Waals surface area contributed by atoms with E-state index in [1.54, 1.807) is 0 Å². The van der Waals surface area contributed by atoms with Gasteiger partial charge in [-0.3, -0.25) is 4.90 Å². The Morgan fingerprint density at radius 1 is 0.933 bits per heavy atom. The molecular weight excluding hydrogens is 372 g/mol. The Morgan fingerprint density at radius 2 is 1.80 bits per heavy atom. The molecule has 0 radical (unpaired) electrons. The average Bonchev–Trinajstić information content (AvgIpc) is 2.82. The summed E-state index contributed by atoms with van der Waals surface area (Å²) in [6.07, 6.45) is 3.32. The molecule has 0 bridgehead atoms. The van der Waals surface area contributed by atoms with E-state index in [9.17, 15) is 0 Å². The van der Waals surface area contributed by atoms with E-state index in [0.717, 1.165) is 70.4 Å². The van der Waals surface area contributed by atoms with Crippen LogP contribution in [0.1, 0.15) is 18.4 Å². The zero-order valence-electron chi connectivity index (χ0n) is 17.5. The first-order valence-electron chi connectivity index (χ1n) is 11.2. The van der Waals surface area contributed by atoms with Crippen LogP contribution in [-0.4, -0.2) is 55.8 Å². The molecule has 1 aromatic heterocycles. The lowest BCUT2D eigenvalue weighted by atomic mass is 10.1. The Bertz CT molecular complexity index is 992. The second kappa shape index (κ2) is 8.92. The number of benzene rings is 2. The van der Waals surface area contributed by atoms with Crippen molar-refractivity contribution in [3.05, 3.63) is 60.2 Å². The van der Waals surface area contributed by atoms with Gasteiger partial charge in [0.05, 0.1) is 6.61 Å². The summed E-state index contributed by atoms with van der Waals surface area (Å²) in [5, 5.41) is 6.05. The van der Waals surface area contributed by atoms with E-state index < -0.39 is 0 Å². The lowest BCUT2D eigenvalue weighted by Crippen LogP contribution is -2.46. The molecule has 30 heavy (non-hydrogen) atoms. The van der Waals surface area contributed by atoms with Gasteiger partial charge in [-0.1, -0.05) is 36.4 Å². The second-order valence-electron chi connectivity index (χ2n) is 8.22. The number of piperazine rings is 1. The lowest BCUT2D eigenvalue weighted by molar-refractivity contribution is 0.222. The summed E-state index contributed by atoms with van der Waals surface area (Å²) in [6, 6.07) is 19.5. The number of hydrogen-bond acceptors (Lipinski definition) is 5. The number of fused-ring (bicyclic) bond motifs is 2. The highest BCUT2D eigenvalue weighted by Gasteiger charge is 2.18. The maximum Gasteiger partial charge on any atom is 0.215 e. The van der Waals surface area contributed by atoms with Crippen LogP contribution in [0.3, 0.4) is 0 Å². The predicted molar refractivity (Wildman–Crippen MR) is 124 cm³/mol. The van der Waals surface area contributed by atoms with E-state index in [2.05, 4.69) is 68.6 Å². The fourth-order valence-electron chi connectivity index (χ4n) is 4.55. The van der Waals surface area contributed by atoms with Crippen molar-refractivity contribution < 1.29 is 4.74 Å². The van der Waals surface area contributed by atoms with Crippen molar-refractivity contribution in [2.75, 3.05) is 56.1 Å². The highest BCUT2D eigenvalue weighted by Crippen LogP contribution is 2.27. The number of anilines is 2. The largest absolute Gasteiger partial charge is 0.478 e. The van der Waals surface area contributed by atoms with Gasteiger partial charge in [0.25, 0.3) is 0 Å². The fraction of sp³-hybridized carbons (Fsp3) is 0.400. The maximum atomic E-state index is 5.91. The predicted octanol–water partition coefficient (Wildman–Crippen LogP) is 4.18. The van der Waals surface area contributed by atoms with E-state index >= 15 is 0 Å². The van der Waals surface area contributed by atoms with Crippen molar-refractivity contribution >= 4 is 22.3 Å². The molecule has 1 N–H and O–H groups in total. The molecule has 1 saturated heterocycles. The van der Waals surface area contributed by atoms with Crippen LogP contribution >= 0.6 is 0 Å². The minimum Gasteiger partial charge on any atom is -0.478 e. The number of nitrogens with one attached hydrogen (secondary N) is 1. The van der Waals surface area contributed by atoms with Crippen LogP contribution in [0.5, 0.6) is 5.88 Å². The molecule has 0 unspecified atom stereocenters. The monoisotopic (exact) mass is 402 g/mol. The summed E-state index contributed by atoms with van der Waals surface area (Å²) < 4.78 is 5.91. The van der Waals surface area contributed by atoms with Gasteiger partial charge in [0.15, 0.2) is 0 Å². The Labute approximate surface area is 178 Å². The third-order valence-electron chi connectivity index (χ3n) is 6.22. The Balaban J connectivity index is 1.09. The van der Waals surface area contributed by atoms with Crippen LogP contribution in [0.15, 0.2) is 54.6 Å². The highest BCUT2D eigenvalue weighted by molar-refractivity contribution is 5.94. The number of pyridine rings is 1. The first kappa shape index (κ1) is 19.2. The molecule has 2 aliphatic heterocycles. The van der Waals surface area contributed by atoms with Gasteiger partial charge in [0, 0.05) is 56.4 Å². The molecule has 5 rings (SSSR count). The number of nitrogens with zero attached hydrogens (tertiary/aromatic N) is 3. The lowest BCUT2D eigenvalue weighted by Gasteiger charge is -2.36. The SMILES string of the molecule is c1ccc2c(N3CCN(CCCOc4ccc5c(n4)NCCC5)CC3)cccc2c1. The number of aromatic nitrogens is 1. The van der Waals surface area contributed by atoms with Crippen molar-refractivity contribution in [3.8, 4) is 5.88 Å². The minimum absolute atomic E-state index is 0.718. The number of aryl methyl sites for hydroxylation is 1. The van der Waals surface area contributed by atoms with Gasteiger partial charge in [-0.2, -0.15) is 4.98 Å². The summed E-state index contributed by atoms with van der Waals surface area (Å²) in [4.78, 5) is 9.69. The normalized spacial score (nSPS) is 16.9. The molecular formula is C25H30N4O. The molecule has 0 saturated carbocycles. The molecule has 0 atom stereocenters. The molecule has 3 heterocycles. The quantitative estimate of drug-likeness (QED) is 0.626. The molecule has 0 aliphatic carbocycles. The molecule has 5 nitrogen and oxygen atoms in total. The molecule has 156 valence electrons. The van der Waals surface area contributed by atoms with Crippen molar-refractivity contribution in [1.82, 2.24) is 9.88 Å². The van der Waals surface area contributed by atoms with Gasteiger partial charge in [-0.25, -0.2) is 0 Å². The van der Waals surface area contributed by atoms with E-state index in [1.807, 2.05) is 6.07 Å². The second-order valence-corrected chi connectivity index (χ2v) is 8.22. The van der Waals surface area contributed by atoms with Gasteiger partial charge in [0.2, 0.25) is 5.88 Å². The smallest absolute Gasteiger partial charge is 0.215 e. The van der Waals surface area contributed by atoms with Crippen molar-refractivity contribution in [2.24, 2.45) is 0 Å². The van der Waals surface area contributed by atoms with Crippen LogP contribution in [0, 0.1) is 0 Å². The zero-order chi connectivity index (χ0) is 20.2. The maximum absolute atomic E-state index is 5.91. The van der Waals surface area contributed by atoms with Gasteiger partial charge in [-0.05, 0) is 42.3 Å². The molecule has 2 aliphatic rings. The molecule has 0 spiro atoms. The molecule has 2 aromatic carbocycles. The number of rotatable bonds is 6. The third kappa shape index (κ3) is 4.21. The molecule has 3 aromatic rings. The third-order valence-corrected chi connectivity index (χ3v) is 6.22. The summed E-state index contributed by atoms with van der Waals surface area (Å²) in [5.41, 5.74) is 2.67. The Hall–Kier alpha value is -2.79. The van der Waals surface area contributed by atoms with Gasteiger partial charge in [0.1, 0.15) is 5.82 Å². The number of ether oxygens (including phenoxy) is 1. The van der Waals surface area contributed by atoms with E-state index in [-0.39, 0.29) is 0 Å². The fourth-order valence-corrected chi connectivity index (χ4v) is 4.55. The zero-order valence-corrected chi connectivity index (χ0v) is 17.5. The summed E-state index contributed by atoms with van der Waals surface area (Å²) in [6.45, 7) is 7.16. The summed E-state index contributed by atoms with van der Waals surface area (Å²) in [5.74, 6) is 1.74. The van der Waals surface area contributed by atoms with E-state index in [0.29, 0.717) is 0 Å². The van der Waals surface area contributed by atoms with Gasteiger partial charge >= 0.3 is 0 Å². The van der Waals surface area contributed by atoms with E-state index in [4.69, 9.17) is 4.74 Å². The number of hydrogen-bond donors (Lipinski definition) is 1. The Kier molecular flexibility index (Phi) is 5.71. The molecule has 0 amide bonds. The summed E-state index contributed by atoms with van der Waals surface area (Å²) >= 11 is 0. The summed E-state index contributed by atoms with van der Waals surface area (Å²) in [7, 11) is 0. The van der Waals surface area contributed by atoms with Crippen LogP contribution in [0.25, 0.3) is 10.8 Å². The van der Waals surface area contributed by atoms with Gasteiger partial charge < -0.3 is 15.0 Å². The van der Waals surface area contributed by atoms with E-state index in [1.165, 1.54) is 28.4 Å². The van der Waals surface area contributed by atoms with Crippen LogP contribution in [0.2, 0.25) is 0 Å². The highest BCUT2D eigenvalue weighted by atomic mass is 16.5. The van der Waals surface area contributed by atoms with Crippen LogP contribution in [0.4, 0.5) is 11.5 Å². The minimum atomic E-state index is 0.718. The topological polar surface area (TPSA) is 40.6 Å². The van der Waals surface area contributed by atoms with Crippen LogP contribution < -0.4 is 15.0 Å². The Morgan fingerprint density at radius 3 is 2.73 bits per heavy atom. The molecule has 1 fully saturated rings. The van der Waals surface area contributed by atoms with Crippen LogP contribution in [-0.2, 0) is 6.42 Å². The average molecular weight is 403 g/mol. The first-order chi connectivity index (χ1) is 14.9. The van der Waals surface area contributed by atoms with Crippen molar-refractivity contribution in [1.29, 1.82) is 0 Å². The standard InChI is InChI=1S/C25H30N4O/c1-2-9-22-20(6-1)7-3-10-23(22)29-17-15-28(16-18-29)14-5-19-30-24-12-11-21-8-4-13-26-25(21)27-24/h1-3,6-7,9-12H,4-5,8,13-19H2,(H,26,27). The van der Waals surface area contributed by atoms with Crippen molar-refractivity contribution in [2.45, 2.75) is 19.3 Å². The van der Waals surface area contributed by atoms with Crippen molar-refractivity contribution in [3.63, 3.8) is 0 Å². The molecule has 5 heteroatoms.